The quantitative estimate of drug-likeness (QED) is 0.786. The first-order chi connectivity index (χ1) is 12.5. The molecule has 2 aromatic rings. The molecule has 0 saturated carbocycles. The van der Waals surface area contributed by atoms with Crippen LogP contribution in [0.15, 0.2) is 41.0 Å². The lowest BCUT2D eigenvalue weighted by molar-refractivity contribution is -0.125. The molecule has 6 nitrogen and oxygen atoms in total. The van der Waals surface area contributed by atoms with Gasteiger partial charge in [0.2, 0.25) is 11.8 Å². The van der Waals surface area contributed by atoms with Crippen molar-refractivity contribution in [2.45, 2.75) is 25.4 Å². The van der Waals surface area contributed by atoms with Crippen molar-refractivity contribution >= 4 is 40.7 Å². The Morgan fingerprint density at radius 1 is 1.27 bits per heavy atom. The van der Waals surface area contributed by atoms with Crippen LogP contribution < -0.4 is 10.6 Å². The number of carbonyl (C=O) groups excluding carboxylic acids is 2. The highest BCUT2D eigenvalue weighted by Crippen LogP contribution is 2.27. The summed E-state index contributed by atoms with van der Waals surface area (Å²) >= 11 is 12.1. The van der Waals surface area contributed by atoms with Crippen LogP contribution in [0.1, 0.15) is 18.6 Å². The second kappa shape index (κ2) is 8.58. The van der Waals surface area contributed by atoms with Gasteiger partial charge in [-0.15, -0.1) is 0 Å². The fourth-order valence-corrected chi connectivity index (χ4v) is 3.30. The molecule has 2 heterocycles. The van der Waals surface area contributed by atoms with E-state index in [2.05, 4.69) is 10.6 Å². The molecule has 1 aromatic carbocycles. The lowest BCUT2D eigenvalue weighted by atomic mass is 10.2. The molecular weight excluding hydrogens is 377 g/mol. The van der Waals surface area contributed by atoms with Gasteiger partial charge in [0.1, 0.15) is 5.76 Å². The molecule has 0 aliphatic carbocycles. The Bertz CT molecular complexity index is 780. The fourth-order valence-electron chi connectivity index (χ4n) is 2.96. The molecule has 8 heteroatoms. The Morgan fingerprint density at radius 2 is 2.12 bits per heavy atom. The molecule has 1 fully saturated rings. The van der Waals surface area contributed by atoms with Crippen molar-refractivity contribution < 1.29 is 14.0 Å². The van der Waals surface area contributed by atoms with Gasteiger partial charge in [-0.05, 0) is 49.7 Å². The van der Waals surface area contributed by atoms with E-state index in [9.17, 15) is 9.59 Å². The number of rotatable bonds is 6. The number of hydrogen-bond donors (Lipinski definition) is 2. The van der Waals surface area contributed by atoms with Crippen LogP contribution in [0, 0.1) is 0 Å². The van der Waals surface area contributed by atoms with Gasteiger partial charge in [0, 0.05) is 5.02 Å². The normalized spacial score (nSPS) is 17.2. The van der Waals surface area contributed by atoms with Gasteiger partial charge in [0.15, 0.2) is 0 Å². The van der Waals surface area contributed by atoms with Gasteiger partial charge in [-0.3, -0.25) is 14.5 Å². The van der Waals surface area contributed by atoms with Gasteiger partial charge in [-0.2, -0.15) is 0 Å². The maximum atomic E-state index is 12.6. The van der Waals surface area contributed by atoms with E-state index in [0.29, 0.717) is 41.0 Å². The Labute approximate surface area is 161 Å². The van der Waals surface area contributed by atoms with Crippen LogP contribution in [0.25, 0.3) is 0 Å². The number of nitrogens with one attached hydrogen (secondary N) is 2. The Hall–Kier alpha value is -2.02. The van der Waals surface area contributed by atoms with Gasteiger partial charge in [-0.25, -0.2) is 0 Å². The molecule has 0 unspecified atom stereocenters. The van der Waals surface area contributed by atoms with Crippen LogP contribution >= 0.6 is 23.2 Å². The van der Waals surface area contributed by atoms with E-state index in [1.165, 1.54) is 0 Å². The summed E-state index contributed by atoms with van der Waals surface area (Å²) in [6, 6.07) is 8.08. The van der Waals surface area contributed by atoms with Crippen LogP contribution in [0.5, 0.6) is 0 Å². The summed E-state index contributed by atoms with van der Waals surface area (Å²) in [5.74, 6) is 0.344. The predicted molar refractivity (Wildman–Crippen MR) is 100 cm³/mol. The van der Waals surface area contributed by atoms with Crippen LogP contribution in [0.3, 0.4) is 0 Å². The molecule has 0 radical (unpaired) electrons. The average molecular weight is 396 g/mol. The highest BCUT2D eigenvalue weighted by atomic mass is 35.5. The minimum atomic E-state index is -0.376. The minimum absolute atomic E-state index is 0.151. The molecule has 0 bridgehead atoms. The van der Waals surface area contributed by atoms with E-state index < -0.39 is 0 Å². The smallest absolute Gasteiger partial charge is 0.241 e. The lowest BCUT2D eigenvalue weighted by Gasteiger charge is -2.23. The third-order valence-electron chi connectivity index (χ3n) is 4.24. The van der Waals surface area contributed by atoms with Crippen molar-refractivity contribution in [3.8, 4) is 0 Å². The lowest BCUT2D eigenvalue weighted by Crippen LogP contribution is -2.44. The maximum absolute atomic E-state index is 12.6. The van der Waals surface area contributed by atoms with Crippen LogP contribution in [0.2, 0.25) is 10.0 Å². The average Bonchev–Trinajstić information content (AvgIpc) is 3.28. The van der Waals surface area contributed by atoms with Crippen molar-refractivity contribution in [1.82, 2.24) is 10.2 Å². The highest BCUT2D eigenvalue weighted by molar-refractivity contribution is 6.35. The topological polar surface area (TPSA) is 74.6 Å². The molecule has 1 atom stereocenters. The largest absolute Gasteiger partial charge is 0.467 e. The first-order valence-electron chi connectivity index (χ1n) is 8.32. The summed E-state index contributed by atoms with van der Waals surface area (Å²) in [5.41, 5.74) is 0.471. The van der Waals surface area contributed by atoms with Crippen LogP contribution in [0.4, 0.5) is 5.69 Å². The summed E-state index contributed by atoms with van der Waals surface area (Å²) in [6.45, 7) is 1.17. The van der Waals surface area contributed by atoms with Crippen LogP contribution in [-0.4, -0.2) is 35.8 Å². The first-order valence-corrected chi connectivity index (χ1v) is 9.07. The van der Waals surface area contributed by atoms with E-state index in [0.717, 1.165) is 6.42 Å². The number of halogens is 2. The Morgan fingerprint density at radius 3 is 2.88 bits per heavy atom. The van der Waals surface area contributed by atoms with Crippen LogP contribution in [-0.2, 0) is 16.1 Å². The van der Waals surface area contributed by atoms with Crippen molar-refractivity contribution in [2.75, 3.05) is 18.4 Å². The zero-order chi connectivity index (χ0) is 18.5. The Balaban J connectivity index is 1.56. The molecule has 1 aliphatic heterocycles. The number of carbonyl (C=O) groups is 2. The van der Waals surface area contributed by atoms with Crippen molar-refractivity contribution in [3.05, 3.63) is 52.4 Å². The van der Waals surface area contributed by atoms with E-state index >= 15 is 0 Å². The molecular formula is C18H19Cl2N3O3. The van der Waals surface area contributed by atoms with Crippen molar-refractivity contribution in [2.24, 2.45) is 0 Å². The van der Waals surface area contributed by atoms with Gasteiger partial charge in [0.25, 0.3) is 0 Å². The molecule has 2 N–H and O–H groups in total. The summed E-state index contributed by atoms with van der Waals surface area (Å²) in [4.78, 5) is 26.6. The molecule has 1 aliphatic rings. The second-order valence-electron chi connectivity index (χ2n) is 6.10. The number of hydrogen-bond acceptors (Lipinski definition) is 4. The standard InChI is InChI=1S/C18H19Cl2N3O3/c19-12-5-6-14(20)15(9-12)22-18(25)16-4-1-7-23(16)11-17(24)21-10-13-3-2-8-26-13/h2-3,5-6,8-9,16H,1,4,7,10-11H2,(H,21,24)(H,22,25)/t16-/m1/s1. The van der Waals surface area contributed by atoms with E-state index in [-0.39, 0.29) is 24.4 Å². The summed E-state index contributed by atoms with van der Waals surface area (Å²) in [7, 11) is 0. The molecule has 1 saturated heterocycles. The maximum Gasteiger partial charge on any atom is 0.241 e. The van der Waals surface area contributed by atoms with Gasteiger partial charge in [-0.1, -0.05) is 23.2 Å². The van der Waals surface area contributed by atoms with Gasteiger partial charge >= 0.3 is 0 Å². The SMILES string of the molecule is O=C(CN1CCC[C@@H]1C(=O)Nc1cc(Cl)ccc1Cl)NCc1ccco1. The molecule has 1 aromatic heterocycles. The van der Waals surface area contributed by atoms with E-state index in [1.807, 2.05) is 4.90 Å². The Kier molecular flexibility index (Phi) is 6.19. The third kappa shape index (κ3) is 4.78. The van der Waals surface area contributed by atoms with Crippen molar-refractivity contribution in [3.63, 3.8) is 0 Å². The van der Waals surface area contributed by atoms with E-state index in [4.69, 9.17) is 27.6 Å². The van der Waals surface area contributed by atoms with Gasteiger partial charge < -0.3 is 15.1 Å². The minimum Gasteiger partial charge on any atom is -0.467 e. The zero-order valence-corrected chi connectivity index (χ0v) is 15.5. The monoisotopic (exact) mass is 395 g/mol. The fraction of sp³-hybridized carbons (Fsp3) is 0.333. The number of likely N-dealkylation sites (tertiary alicyclic amines) is 1. The number of amides is 2. The number of nitrogens with zero attached hydrogens (tertiary/aromatic N) is 1. The van der Waals surface area contributed by atoms with E-state index in [1.54, 1.807) is 36.6 Å². The zero-order valence-electron chi connectivity index (χ0n) is 14.0. The highest BCUT2D eigenvalue weighted by Gasteiger charge is 2.32. The summed E-state index contributed by atoms with van der Waals surface area (Å²) in [5, 5.41) is 6.51. The summed E-state index contributed by atoms with van der Waals surface area (Å²) in [6.07, 6.45) is 3.10. The second-order valence-corrected chi connectivity index (χ2v) is 6.94. The molecule has 3 rings (SSSR count). The first kappa shape index (κ1) is 18.8. The van der Waals surface area contributed by atoms with Crippen molar-refractivity contribution in [1.29, 1.82) is 0 Å². The number of furan rings is 1. The predicted octanol–water partition coefficient (Wildman–Crippen LogP) is 3.31. The van der Waals surface area contributed by atoms with Gasteiger partial charge in [0.05, 0.1) is 36.1 Å². The summed E-state index contributed by atoms with van der Waals surface area (Å²) < 4.78 is 5.18. The number of benzene rings is 1. The molecule has 0 spiro atoms. The number of anilines is 1. The molecule has 2 amide bonds. The molecule has 138 valence electrons. The molecule has 26 heavy (non-hydrogen) atoms. The third-order valence-corrected chi connectivity index (χ3v) is 4.80.